The van der Waals surface area contributed by atoms with Gasteiger partial charge in [0.05, 0.1) is 12.1 Å². The van der Waals surface area contributed by atoms with E-state index in [9.17, 15) is 13.2 Å². The second kappa shape index (κ2) is 2.59. The highest BCUT2D eigenvalue weighted by Crippen LogP contribution is 1.97. The van der Waals surface area contributed by atoms with Gasteiger partial charge in [0.25, 0.3) is 10.1 Å². The van der Waals surface area contributed by atoms with Crippen molar-refractivity contribution in [1.82, 2.24) is 5.43 Å². The summed E-state index contributed by atoms with van der Waals surface area (Å²) >= 11 is 0. The molecule has 0 aliphatic carbocycles. The van der Waals surface area contributed by atoms with E-state index in [0.29, 0.717) is 0 Å². The number of amides is 1. The second-order valence-corrected chi connectivity index (χ2v) is 3.57. The van der Waals surface area contributed by atoms with Crippen molar-refractivity contribution < 1.29 is 17.8 Å². The average Bonchev–Trinajstić information content (AvgIpc) is 2.10. The van der Waals surface area contributed by atoms with Crippen LogP contribution in [0.2, 0.25) is 0 Å². The first-order valence-corrected chi connectivity index (χ1v) is 4.38. The number of carbonyl (C=O) groups excluding carboxylic acids is 1. The van der Waals surface area contributed by atoms with E-state index in [2.05, 4.69) is 10.5 Å². The fourth-order valence-electron chi connectivity index (χ4n) is 0.700. The molecule has 0 aromatic heterocycles. The molecule has 0 bridgehead atoms. The Bertz CT molecular complexity index is 304. The van der Waals surface area contributed by atoms with E-state index in [1.165, 1.54) is 0 Å². The highest BCUT2D eigenvalue weighted by Gasteiger charge is 2.19. The maximum absolute atomic E-state index is 10.4. The monoisotopic (exact) mass is 178 g/mol. The summed E-state index contributed by atoms with van der Waals surface area (Å²) in [5, 5.41) is 3.38. The smallest absolute Gasteiger partial charge is 0.270 e. The highest BCUT2D eigenvalue weighted by atomic mass is 32.2. The molecule has 0 unspecified atom stereocenters. The van der Waals surface area contributed by atoms with Gasteiger partial charge >= 0.3 is 0 Å². The summed E-state index contributed by atoms with van der Waals surface area (Å²) < 4.78 is 28.8. The number of nitrogens with one attached hydrogen (secondary N) is 1. The van der Waals surface area contributed by atoms with Crippen LogP contribution in [-0.4, -0.2) is 30.3 Å². The minimum absolute atomic E-state index is 0.0558. The molecule has 0 saturated heterocycles. The Morgan fingerprint density at radius 3 is 2.64 bits per heavy atom. The Labute approximate surface area is 63.0 Å². The van der Waals surface area contributed by atoms with Gasteiger partial charge < -0.3 is 0 Å². The van der Waals surface area contributed by atoms with Crippen molar-refractivity contribution >= 4 is 21.7 Å². The predicted molar refractivity (Wildman–Crippen MR) is 36.6 cm³/mol. The van der Waals surface area contributed by atoms with Crippen molar-refractivity contribution in [3.8, 4) is 0 Å². The van der Waals surface area contributed by atoms with E-state index < -0.39 is 15.9 Å². The molecule has 11 heavy (non-hydrogen) atoms. The van der Waals surface area contributed by atoms with E-state index >= 15 is 0 Å². The van der Waals surface area contributed by atoms with Gasteiger partial charge in [-0.1, -0.05) is 0 Å². The van der Waals surface area contributed by atoms with Crippen LogP contribution in [0.15, 0.2) is 5.10 Å². The molecule has 7 heteroatoms. The molecule has 0 spiro atoms. The van der Waals surface area contributed by atoms with Crippen molar-refractivity contribution in [2.24, 2.45) is 5.10 Å². The van der Waals surface area contributed by atoms with Gasteiger partial charge in [-0.05, 0) is 0 Å². The van der Waals surface area contributed by atoms with Crippen molar-refractivity contribution in [2.45, 2.75) is 6.42 Å². The number of rotatable bonds is 2. The van der Waals surface area contributed by atoms with Gasteiger partial charge in [0.1, 0.15) is 5.75 Å². The van der Waals surface area contributed by atoms with E-state index in [0.717, 1.165) is 0 Å². The first-order chi connectivity index (χ1) is 4.97. The largest absolute Gasteiger partial charge is 0.285 e. The molecule has 6 nitrogen and oxygen atoms in total. The second-order valence-electron chi connectivity index (χ2n) is 2.12. The normalized spacial score (nSPS) is 17.9. The maximum atomic E-state index is 10.4. The summed E-state index contributed by atoms with van der Waals surface area (Å²) in [5.41, 5.74) is 2.20. The van der Waals surface area contributed by atoms with Crippen LogP contribution in [0.5, 0.6) is 0 Å². The maximum Gasteiger partial charge on any atom is 0.270 e. The summed E-state index contributed by atoms with van der Waals surface area (Å²) in [4.78, 5) is 10.4. The summed E-state index contributed by atoms with van der Waals surface area (Å²) in [5.74, 6) is -0.935. The van der Waals surface area contributed by atoms with Gasteiger partial charge in [0.15, 0.2) is 0 Å². The van der Waals surface area contributed by atoms with Crippen LogP contribution in [0, 0.1) is 0 Å². The van der Waals surface area contributed by atoms with Crippen LogP contribution in [0.1, 0.15) is 6.42 Å². The zero-order valence-electron chi connectivity index (χ0n) is 5.44. The summed E-state index contributed by atoms with van der Waals surface area (Å²) in [7, 11) is -4.05. The van der Waals surface area contributed by atoms with Gasteiger partial charge in [-0.25, -0.2) is 5.43 Å². The Hall–Kier alpha value is -0.950. The summed E-state index contributed by atoms with van der Waals surface area (Å²) in [6, 6.07) is 0. The van der Waals surface area contributed by atoms with Crippen molar-refractivity contribution in [2.75, 3.05) is 5.75 Å². The lowest BCUT2D eigenvalue weighted by Gasteiger charge is -1.91. The molecule has 1 aliphatic heterocycles. The first-order valence-electron chi connectivity index (χ1n) is 2.77. The van der Waals surface area contributed by atoms with E-state index in [1.807, 2.05) is 0 Å². The number of hydrazone groups is 1. The summed E-state index contributed by atoms with van der Waals surface area (Å²) in [6.45, 7) is 0. The molecule has 1 rings (SSSR count). The average molecular weight is 178 g/mol. The fourth-order valence-corrected chi connectivity index (χ4v) is 1.29. The third kappa shape index (κ3) is 2.64. The van der Waals surface area contributed by atoms with Crippen LogP contribution in [0.25, 0.3) is 0 Å². The molecule has 0 fully saturated rings. The lowest BCUT2D eigenvalue weighted by molar-refractivity contribution is -0.119. The van der Waals surface area contributed by atoms with E-state index in [1.54, 1.807) is 0 Å². The number of hydrogen-bond donors (Lipinski definition) is 2. The third-order valence-electron chi connectivity index (χ3n) is 1.05. The van der Waals surface area contributed by atoms with Crippen LogP contribution in [0.3, 0.4) is 0 Å². The molecule has 1 heterocycles. The molecule has 0 radical (unpaired) electrons. The van der Waals surface area contributed by atoms with Gasteiger partial charge in [0, 0.05) is 0 Å². The summed E-state index contributed by atoms with van der Waals surface area (Å²) in [6.07, 6.45) is -0.0558. The van der Waals surface area contributed by atoms with Crippen LogP contribution in [-0.2, 0) is 14.9 Å². The lowest BCUT2D eigenvalue weighted by atomic mass is 10.3. The first kappa shape index (κ1) is 8.15. The van der Waals surface area contributed by atoms with Gasteiger partial charge in [-0.15, -0.1) is 0 Å². The van der Waals surface area contributed by atoms with Crippen LogP contribution in [0.4, 0.5) is 0 Å². The van der Waals surface area contributed by atoms with E-state index in [-0.39, 0.29) is 18.0 Å². The Balaban J connectivity index is 2.60. The fraction of sp³-hybridized carbons (Fsp3) is 0.500. The molecule has 0 aromatic carbocycles. The quantitative estimate of drug-likeness (QED) is 0.516. The van der Waals surface area contributed by atoms with Crippen LogP contribution < -0.4 is 5.43 Å². The molecule has 1 aliphatic rings. The van der Waals surface area contributed by atoms with E-state index in [4.69, 9.17) is 4.55 Å². The standard InChI is InChI=1S/C4H6N2O4S/c7-4-1-3(5-6-4)2-11(8,9)10/h1-2H2,(H,6,7)(H,8,9,10). The van der Waals surface area contributed by atoms with Crippen molar-refractivity contribution in [3.05, 3.63) is 0 Å². The van der Waals surface area contributed by atoms with Crippen LogP contribution >= 0.6 is 0 Å². The Kier molecular flexibility index (Phi) is 1.92. The zero-order valence-corrected chi connectivity index (χ0v) is 6.26. The molecule has 1 amide bonds. The zero-order chi connectivity index (χ0) is 8.48. The number of carbonyl (C=O) groups is 1. The van der Waals surface area contributed by atoms with Crippen molar-refractivity contribution in [3.63, 3.8) is 0 Å². The third-order valence-corrected chi connectivity index (χ3v) is 1.75. The van der Waals surface area contributed by atoms with Gasteiger partial charge in [-0.3, -0.25) is 9.35 Å². The molecule has 62 valence electrons. The van der Waals surface area contributed by atoms with Gasteiger partial charge in [-0.2, -0.15) is 13.5 Å². The molecule has 0 aromatic rings. The topological polar surface area (TPSA) is 95.8 Å². The Morgan fingerprint density at radius 2 is 2.27 bits per heavy atom. The van der Waals surface area contributed by atoms with Crippen molar-refractivity contribution in [1.29, 1.82) is 0 Å². The van der Waals surface area contributed by atoms with Gasteiger partial charge in [0.2, 0.25) is 5.91 Å². The number of hydrogen-bond acceptors (Lipinski definition) is 4. The SMILES string of the molecule is O=C1CC(CS(=O)(=O)O)=NN1. The molecule has 0 atom stereocenters. The molecular formula is C4H6N2O4S. The molecule has 2 N–H and O–H groups in total. The minimum Gasteiger partial charge on any atom is -0.285 e. The number of nitrogens with zero attached hydrogens (tertiary/aromatic N) is 1. The molecule has 0 saturated carbocycles. The Morgan fingerprint density at radius 1 is 1.64 bits per heavy atom. The highest BCUT2D eigenvalue weighted by molar-refractivity contribution is 7.86. The predicted octanol–water partition coefficient (Wildman–Crippen LogP) is -1.25. The lowest BCUT2D eigenvalue weighted by Crippen LogP contribution is -2.14. The molecular weight excluding hydrogens is 172 g/mol. The minimum atomic E-state index is -4.05.